The number of ether oxygens (including phenoxy) is 1. The second kappa shape index (κ2) is 7.14. The van der Waals surface area contributed by atoms with Gasteiger partial charge in [0.1, 0.15) is 17.1 Å². The lowest BCUT2D eigenvalue weighted by Crippen LogP contribution is -2.35. The molecule has 0 saturated carbocycles. The largest absolute Gasteiger partial charge is 0.437 e. The van der Waals surface area contributed by atoms with Gasteiger partial charge in [0.25, 0.3) is 5.91 Å². The number of hydrogen-bond donors (Lipinski definition) is 0. The van der Waals surface area contributed by atoms with E-state index in [0.717, 1.165) is 6.42 Å². The lowest BCUT2D eigenvalue weighted by Gasteiger charge is -2.29. The summed E-state index contributed by atoms with van der Waals surface area (Å²) in [6.45, 7) is 1.33. The Kier molecular flexibility index (Phi) is 4.54. The molecule has 130 valence electrons. The smallest absolute Gasteiger partial charge is 0.254 e. The number of carbonyl (C=O) groups is 1. The topological polar surface area (TPSA) is 55.3 Å². The molecule has 0 fully saturated rings. The van der Waals surface area contributed by atoms with E-state index in [4.69, 9.17) is 16.3 Å². The molecule has 0 bridgehead atoms. The number of nitrogens with zero attached hydrogens (tertiary/aromatic N) is 3. The van der Waals surface area contributed by atoms with E-state index in [1.54, 1.807) is 24.3 Å². The van der Waals surface area contributed by atoms with Crippen molar-refractivity contribution < 1.29 is 9.53 Å². The monoisotopic (exact) mass is 365 g/mol. The van der Waals surface area contributed by atoms with E-state index in [0.29, 0.717) is 29.4 Å². The van der Waals surface area contributed by atoms with E-state index in [2.05, 4.69) is 22.1 Å². The Labute approximate surface area is 156 Å². The summed E-state index contributed by atoms with van der Waals surface area (Å²) in [7, 11) is 0. The Balaban J connectivity index is 1.53. The van der Waals surface area contributed by atoms with E-state index < -0.39 is 0 Å². The fraction of sp³-hybridized carbons (Fsp3) is 0.150. The molecule has 2 aromatic carbocycles. The maximum Gasteiger partial charge on any atom is 0.254 e. The second-order valence-electron chi connectivity index (χ2n) is 6.05. The van der Waals surface area contributed by atoms with Gasteiger partial charge in [0.05, 0.1) is 6.20 Å². The first kappa shape index (κ1) is 16.5. The molecular formula is C20H16ClN3O2. The summed E-state index contributed by atoms with van der Waals surface area (Å²) < 4.78 is 5.69. The summed E-state index contributed by atoms with van der Waals surface area (Å²) in [5, 5.41) is 0.317. The van der Waals surface area contributed by atoms with E-state index in [1.807, 2.05) is 17.0 Å². The fourth-order valence-corrected chi connectivity index (χ4v) is 3.18. The molecule has 0 aliphatic carbocycles. The van der Waals surface area contributed by atoms with Gasteiger partial charge < -0.3 is 9.64 Å². The molecule has 6 heteroatoms. The van der Waals surface area contributed by atoms with Crippen molar-refractivity contribution in [3.8, 4) is 11.6 Å². The predicted molar refractivity (Wildman–Crippen MR) is 98.4 cm³/mol. The van der Waals surface area contributed by atoms with Gasteiger partial charge in [-0.3, -0.25) is 4.79 Å². The lowest BCUT2D eigenvalue weighted by molar-refractivity contribution is 0.0734. The fourth-order valence-electron chi connectivity index (χ4n) is 3.03. The van der Waals surface area contributed by atoms with Crippen molar-refractivity contribution in [3.63, 3.8) is 0 Å². The van der Waals surface area contributed by atoms with Crippen LogP contribution in [0.1, 0.15) is 21.5 Å². The Bertz CT molecular complexity index is 961. The Morgan fingerprint density at radius 1 is 1.12 bits per heavy atom. The molecule has 0 saturated heterocycles. The number of rotatable bonds is 3. The SMILES string of the molecule is O=C(c1cccc(Oc2ncncc2Cl)c1)N1CCc2ccccc2C1. The van der Waals surface area contributed by atoms with Crippen LogP contribution in [0, 0.1) is 0 Å². The van der Waals surface area contributed by atoms with Crippen molar-refractivity contribution in [1.82, 2.24) is 14.9 Å². The summed E-state index contributed by atoms with van der Waals surface area (Å²) in [5.41, 5.74) is 3.09. The molecule has 1 aliphatic rings. The zero-order chi connectivity index (χ0) is 17.9. The molecule has 1 amide bonds. The maximum atomic E-state index is 12.9. The van der Waals surface area contributed by atoms with Crippen molar-refractivity contribution in [3.05, 3.63) is 82.8 Å². The average Bonchev–Trinajstić information content (AvgIpc) is 2.69. The molecule has 0 spiro atoms. The zero-order valence-corrected chi connectivity index (χ0v) is 14.7. The van der Waals surface area contributed by atoms with Crippen LogP contribution in [0.25, 0.3) is 0 Å². The number of amides is 1. The van der Waals surface area contributed by atoms with Crippen LogP contribution in [0.2, 0.25) is 5.02 Å². The van der Waals surface area contributed by atoms with Crippen LogP contribution < -0.4 is 4.74 Å². The number of benzene rings is 2. The Morgan fingerprint density at radius 2 is 1.96 bits per heavy atom. The molecule has 26 heavy (non-hydrogen) atoms. The highest BCUT2D eigenvalue weighted by molar-refractivity contribution is 6.31. The van der Waals surface area contributed by atoms with Crippen molar-refractivity contribution >= 4 is 17.5 Å². The minimum absolute atomic E-state index is 0.0151. The van der Waals surface area contributed by atoms with Crippen LogP contribution in [-0.4, -0.2) is 27.3 Å². The number of halogens is 1. The summed E-state index contributed by atoms with van der Waals surface area (Å²) in [6.07, 6.45) is 3.69. The first-order valence-electron chi connectivity index (χ1n) is 8.30. The number of carbonyl (C=O) groups excluding carboxylic acids is 1. The standard InChI is InChI=1S/C20H16ClN3O2/c21-18-11-22-13-23-19(18)26-17-7-3-6-15(10-17)20(25)24-9-8-14-4-1-2-5-16(14)12-24/h1-7,10-11,13H,8-9,12H2. The molecule has 0 radical (unpaired) electrons. The van der Waals surface area contributed by atoms with Gasteiger partial charge in [-0.1, -0.05) is 41.9 Å². The van der Waals surface area contributed by atoms with Crippen molar-refractivity contribution in [1.29, 1.82) is 0 Å². The van der Waals surface area contributed by atoms with Gasteiger partial charge in [0, 0.05) is 18.7 Å². The molecule has 1 aliphatic heterocycles. The second-order valence-corrected chi connectivity index (χ2v) is 6.46. The van der Waals surface area contributed by atoms with Crippen molar-refractivity contribution in [2.24, 2.45) is 0 Å². The van der Waals surface area contributed by atoms with Gasteiger partial charge in [-0.15, -0.1) is 0 Å². The van der Waals surface area contributed by atoms with Crippen LogP contribution in [-0.2, 0) is 13.0 Å². The number of hydrogen-bond acceptors (Lipinski definition) is 4. The highest BCUT2D eigenvalue weighted by atomic mass is 35.5. The van der Waals surface area contributed by atoms with Crippen LogP contribution >= 0.6 is 11.6 Å². The lowest BCUT2D eigenvalue weighted by atomic mass is 9.99. The van der Waals surface area contributed by atoms with Gasteiger partial charge in [0.15, 0.2) is 0 Å². The first-order valence-corrected chi connectivity index (χ1v) is 8.68. The molecule has 0 unspecified atom stereocenters. The summed E-state index contributed by atoms with van der Waals surface area (Å²) >= 11 is 6.02. The van der Waals surface area contributed by atoms with Crippen molar-refractivity contribution in [2.75, 3.05) is 6.54 Å². The van der Waals surface area contributed by atoms with Gasteiger partial charge in [-0.25, -0.2) is 9.97 Å². The van der Waals surface area contributed by atoms with E-state index in [9.17, 15) is 4.79 Å². The highest BCUT2D eigenvalue weighted by Gasteiger charge is 2.21. The molecule has 3 aromatic rings. The molecule has 1 aromatic heterocycles. The first-order chi connectivity index (χ1) is 12.7. The molecule has 2 heterocycles. The number of aromatic nitrogens is 2. The minimum atomic E-state index is -0.0151. The van der Waals surface area contributed by atoms with Gasteiger partial charge >= 0.3 is 0 Å². The maximum absolute atomic E-state index is 12.9. The third-order valence-corrected chi connectivity index (χ3v) is 4.61. The van der Waals surface area contributed by atoms with E-state index >= 15 is 0 Å². The summed E-state index contributed by atoms with van der Waals surface area (Å²) in [6, 6.07) is 15.3. The third kappa shape index (κ3) is 3.39. The van der Waals surface area contributed by atoms with Crippen molar-refractivity contribution in [2.45, 2.75) is 13.0 Å². The quantitative estimate of drug-likeness (QED) is 0.700. The molecule has 0 atom stereocenters. The predicted octanol–water partition coefficient (Wildman–Crippen LogP) is 4.12. The minimum Gasteiger partial charge on any atom is -0.437 e. The van der Waals surface area contributed by atoms with E-state index in [1.165, 1.54) is 23.7 Å². The zero-order valence-electron chi connectivity index (χ0n) is 13.9. The molecule has 0 N–H and O–H groups in total. The van der Waals surface area contributed by atoms with Crippen LogP contribution in [0.3, 0.4) is 0 Å². The normalized spacial score (nSPS) is 13.2. The highest BCUT2D eigenvalue weighted by Crippen LogP contribution is 2.27. The van der Waals surface area contributed by atoms with Gasteiger partial charge in [-0.05, 0) is 35.7 Å². The molecular weight excluding hydrogens is 350 g/mol. The third-order valence-electron chi connectivity index (χ3n) is 4.35. The average molecular weight is 366 g/mol. The van der Waals surface area contributed by atoms with E-state index in [-0.39, 0.29) is 11.8 Å². The van der Waals surface area contributed by atoms with Crippen LogP contribution in [0.4, 0.5) is 0 Å². The summed E-state index contributed by atoms with van der Waals surface area (Å²) in [4.78, 5) is 22.6. The van der Waals surface area contributed by atoms with Crippen LogP contribution in [0.5, 0.6) is 11.6 Å². The van der Waals surface area contributed by atoms with Crippen LogP contribution in [0.15, 0.2) is 61.1 Å². The Hall–Kier alpha value is -2.92. The number of fused-ring (bicyclic) bond motifs is 1. The summed E-state index contributed by atoms with van der Waals surface area (Å²) in [5.74, 6) is 0.755. The van der Waals surface area contributed by atoms with Gasteiger partial charge in [-0.2, -0.15) is 0 Å². The van der Waals surface area contributed by atoms with Gasteiger partial charge in [0.2, 0.25) is 5.88 Å². The molecule has 4 rings (SSSR count). The Morgan fingerprint density at radius 3 is 2.81 bits per heavy atom. The molecule has 5 nitrogen and oxygen atoms in total.